The summed E-state index contributed by atoms with van der Waals surface area (Å²) in [4.78, 5) is 71.4. The summed E-state index contributed by atoms with van der Waals surface area (Å²) in [6.07, 6.45) is 6.57. The molecule has 6 atom stereocenters. The number of carbonyl (C=O) groups is 5. The molecule has 2 heterocycles. The first-order valence-electron chi connectivity index (χ1n) is 21.0. The van der Waals surface area contributed by atoms with E-state index in [2.05, 4.69) is 61.0 Å². The van der Waals surface area contributed by atoms with Crippen molar-refractivity contribution in [2.24, 2.45) is 5.92 Å². The Labute approximate surface area is 345 Å². The van der Waals surface area contributed by atoms with Crippen LogP contribution < -0.4 is 26.3 Å². The van der Waals surface area contributed by atoms with Crippen molar-refractivity contribution in [1.29, 1.82) is 0 Å². The van der Waals surface area contributed by atoms with Crippen molar-refractivity contribution >= 4 is 48.1 Å². The summed E-state index contributed by atoms with van der Waals surface area (Å²) in [6.45, 7) is 12.6. The largest absolute Gasteiger partial charge is 0.398 e. The molecule has 3 aromatic rings. The Morgan fingerprint density at radius 2 is 1.36 bits per heavy atom. The Kier molecular flexibility index (Phi) is 15.4. The number of piperidine rings is 1. The summed E-state index contributed by atoms with van der Waals surface area (Å²) >= 11 is 0. The van der Waals surface area contributed by atoms with Crippen LogP contribution in [0.2, 0.25) is 5.04 Å². The van der Waals surface area contributed by atoms with Gasteiger partial charge in [-0.15, -0.1) is 0 Å². The van der Waals surface area contributed by atoms with Crippen LogP contribution in [0.5, 0.6) is 0 Å². The SMILES string of the molecule is CC[C@H](C)[C@@H]1NC(=O)[C@@H](Cc2ccccc2)NC(=O)[C@H](CCC=CCC(=O)[C@H](C)O[Si](c2ccccc2)(c2ccccc2)C(C)(C)C)NC(=O)[C@@H]2CCCCN2C1=O. The fourth-order valence-corrected chi connectivity index (χ4v) is 12.9. The number of rotatable bonds is 14. The van der Waals surface area contributed by atoms with Crippen LogP contribution in [0, 0.1) is 5.92 Å². The van der Waals surface area contributed by atoms with E-state index >= 15 is 0 Å². The molecule has 3 N–H and O–H groups in total. The van der Waals surface area contributed by atoms with Crippen LogP contribution in [-0.4, -0.2) is 79.4 Å². The molecule has 2 saturated heterocycles. The van der Waals surface area contributed by atoms with Gasteiger partial charge in [-0.25, -0.2) is 0 Å². The van der Waals surface area contributed by atoms with Gasteiger partial charge < -0.3 is 25.3 Å². The summed E-state index contributed by atoms with van der Waals surface area (Å²) < 4.78 is 7.01. The smallest absolute Gasteiger partial charge is 0.262 e. The van der Waals surface area contributed by atoms with E-state index in [9.17, 15) is 24.0 Å². The predicted octanol–water partition coefficient (Wildman–Crippen LogP) is 5.39. The molecule has 0 unspecified atom stereocenters. The highest BCUT2D eigenvalue weighted by Gasteiger charge is 2.51. The number of hydrogen-bond donors (Lipinski definition) is 3. The van der Waals surface area contributed by atoms with Crippen LogP contribution in [0.15, 0.2) is 103 Å². The van der Waals surface area contributed by atoms with E-state index in [1.165, 1.54) is 0 Å². The second-order valence-corrected chi connectivity index (χ2v) is 21.1. The molecule has 4 amide bonds. The molecule has 5 rings (SSSR count). The zero-order chi connectivity index (χ0) is 41.9. The van der Waals surface area contributed by atoms with Gasteiger partial charge in [0.15, 0.2) is 5.78 Å². The van der Waals surface area contributed by atoms with Gasteiger partial charge in [-0.05, 0) is 65.9 Å². The van der Waals surface area contributed by atoms with Crippen molar-refractivity contribution in [2.45, 2.75) is 128 Å². The summed E-state index contributed by atoms with van der Waals surface area (Å²) in [6, 6.07) is 26.3. The van der Waals surface area contributed by atoms with Gasteiger partial charge in [0.2, 0.25) is 23.6 Å². The van der Waals surface area contributed by atoms with Crippen molar-refractivity contribution in [3.05, 3.63) is 109 Å². The Morgan fingerprint density at radius 1 is 0.793 bits per heavy atom. The summed E-state index contributed by atoms with van der Waals surface area (Å²) in [5, 5.41) is 10.8. The highest BCUT2D eigenvalue weighted by Crippen LogP contribution is 2.37. The van der Waals surface area contributed by atoms with E-state index < -0.39 is 50.4 Å². The molecule has 58 heavy (non-hydrogen) atoms. The molecular weight excluding hydrogens is 745 g/mol. The fourth-order valence-electron chi connectivity index (χ4n) is 8.22. The van der Waals surface area contributed by atoms with Gasteiger partial charge in [0.1, 0.15) is 30.3 Å². The number of hydrogen-bond acceptors (Lipinski definition) is 6. The molecule has 2 aliphatic rings. The van der Waals surface area contributed by atoms with Crippen molar-refractivity contribution < 1.29 is 28.4 Å². The minimum Gasteiger partial charge on any atom is -0.398 e. The molecule has 0 aliphatic carbocycles. The van der Waals surface area contributed by atoms with Gasteiger partial charge >= 0.3 is 0 Å². The molecular formula is C47H62N4O6Si. The minimum atomic E-state index is -2.94. The van der Waals surface area contributed by atoms with Gasteiger partial charge in [-0.2, -0.15) is 0 Å². The van der Waals surface area contributed by atoms with E-state index in [1.54, 1.807) is 11.0 Å². The Balaban J connectivity index is 1.32. The first-order chi connectivity index (χ1) is 27.8. The van der Waals surface area contributed by atoms with E-state index in [0.29, 0.717) is 25.8 Å². The van der Waals surface area contributed by atoms with E-state index in [0.717, 1.165) is 28.8 Å². The van der Waals surface area contributed by atoms with E-state index in [-0.39, 0.29) is 47.8 Å². The van der Waals surface area contributed by atoms with Gasteiger partial charge in [-0.3, -0.25) is 24.0 Å². The third-order valence-electron chi connectivity index (χ3n) is 11.7. The van der Waals surface area contributed by atoms with E-state index in [1.807, 2.05) is 93.6 Å². The van der Waals surface area contributed by atoms with Crippen molar-refractivity contribution in [1.82, 2.24) is 20.9 Å². The number of ketones is 1. The normalized spacial score (nSPS) is 22.1. The molecule has 0 spiro atoms. The lowest BCUT2D eigenvalue weighted by Crippen LogP contribution is -2.68. The van der Waals surface area contributed by atoms with Gasteiger partial charge in [0, 0.05) is 19.4 Å². The van der Waals surface area contributed by atoms with Crippen LogP contribution in [-0.2, 0) is 34.8 Å². The number of Topliss-reactive ketones (excluding diaryl/α,β-unsaturated/α-hetero) is 1. The number of carbonyl (C=O) groups excluding carboxylic acids is 5. The molecule has 0 radical (unpaired) electrons. The van der Waals surface area contributed by atoms with Gasteiger partial charge in [0.05, 0.1) is 0 Å². The Bertz CT molecular complexity index is 1840. The van der Waals surface area contributed by atoms with Crippen LogP contribution >= 0.6 is 0 Å². The van der Waals surface area contributed by atoms with Crippen molar-refractivity contribution in [3.63, 3.8) is 0 Å². The highest BCUT2D eigenvalue weighted by molar-refractivity contribution is 6.99. The number of nitrogens with one attached hydrogen (secondary N) is 3. The lowest BCUT2D eigenvalue weighted by molar-refractivity contribution is -0.147. The average molecular weight is 807 g/mol. The Hall–Kier alpha value is -4.87. The minimum absolute atomic E-state index is 0.0613. The van der Waals surface area contributed by atoms with Crippen LogP contribution in [0.3, 0.4) is 0 Å². The maximum atomic E-state index is 14.1. The summed E-state index contributed by atoms with van der Waals surface area (Å²) in [5.41, 5.74) is 0.846. The first-order valence-corrected chi connectivity index (χ1v) is 22.9. The number of amides is 4. The molecule has 3 aromatic carbocycles. The topological polar surface area (TPSA) is 134 Å². The number of nitrogens with zero attached hydrogens (tertiary/aromatic N) is 1. The zero-order valence-corrected chi connectivity index (χ0v) is 36.0. The molecule has 10 nitrogen and oxygen atoms in total. The van der Waals surface area contributed by atoms with Crippen molar-refractivity contribution in [3.8, 4) is 0 Å². The molecule has 0 saturated carbocycles. The first kappa shape index (κ1) is 44.2. The maximum Gasteiger partial charge on any atom is 0.262 e. The lowest BCUT2D eigenvalue weighted by Gasteiger charge is -2.44. The van der Waals surface area contributed by atoms with E-state index in [4.69, 9.17) is 4.43 Å². The molecule has 2 aliphatic heterocycles. The quantitative estimate of drug-likeness (QED) is 0.148. The predicted molar refractivity (Wildman–Crippen MR) is 231 cm³/mol. The second kappa shape index (κ2) is 20.2. The zero-order valence-electron chi connectivity index (χ0n) is 35.0. The maximum absolute atomic E-state index is 14.1. The molecule has 310 valence electrons. The third-order valence-corrected chi connectivity index (χ3v) is 16.9. The van der Waals surface area contributed by atoms with Crippen LogP contribution in [0.4, 0.5) is 0 Å². The third kappa shape index (κ3) is 10.6. The lowest BCUT2D eigenvalue weighted by atomic mass is 9.93. The highest BCUT2D eigenvalue weighted by atomic mass is 28.4. The average Bonchev–Trinajstić information content (AvgIpc) is 3.23. The Morgan fingerprint density at radius 3 is 1.95 bits per heavy atom. The molecule has 0 bridgehead atoms. The standard InChI is InChI=1S/C47H62N4O6Si/c1-7-33(2)42-46(56)51-31-21-20-29-40(51)45(55)48-38(43(53)49-39(44(54)50-42)32-35-22-12-8-13-23-35)28-18-11-19-30-41(52)34(3)57-58(47(4,5)6,36-24-14-9-15-25-36)37-26-16-10-17-27-37/h8-17,19,22-27,33-34,38-40,42H,7,18,20-21,28-32H2,1-6H3,(H,48,55)(H,49,53)(H,50,54)/t33-,34-,38-,39+,40-,42-/m0/s1. The monoisotopic (exact) mass is 806 g/mol. The fraction of sp³-hybridized carbons (Fsp3) is 0.468. The summed E-state index contributed by atoms with van der Waals surface area (Å²) in [7, 11) is -2.94. The van der Waals surface area contributed by atoms with Gasteiger partial charge in [0.25, 0.3) is 8.32 Å². The van der Waals surface area contributed by atoms with Crippen LogP contribution in [0.1, 0.15) is 92.1 Å². The van der Waals surface area contributed by atoms with Crippen molar-refractivity contribution in [2.75, 3.05) is 6.54 Å². The molecule has 11 heteroatoms. The van der Waals surface area contributed by atoms with Gasteiger partial charge in [-0.1, -0.05) is 144 Å². The van der Waals surface area contributed by atoms with Crippen LogP contribution in [0.25, 0.3) is 0 Å². The number of fused-ring (bicyclic) bond motifs is 1. The summed E-state index contributed by atoms with van der Waals surface area (Å²) in [5.74, 6) is -1.82. The second-order valence-electron chi connectivity index (χ2n) is 16.9. The number of allylic oxidation sites excluding steroid dienone is 2. The number of benzene rings is 3. The molecule has 0 aromatic heterocycles. The molecule has 2 fully saturated rings.